The van der Waals surface area contributed by atoms with Crippen molar-refractivity contribution in [3.63, 3.8) is 0 Å². The molecule has 1 aliphatic rings. The van der Waals surface area contributed by atoms with Crippen LogP contribution in [0.4, 0.5) is 13.2 Å². The van der Waals surface area contributed by atoms with E-state index >= 15 is 0 Å². The van der Waals surface area contributed by atoms with Gasteiger partial charge in [0.05, 0.1) is 18.7 Å². The Kier molecular flexibility index (Phi) is 8.25. The van der Waals surface area contributed by atoms with Gasteiger partial charge < -0.3 is 19.5 Å². The average Bonchev–Trinajstić information content (AvgIpc) is 3.10. The molecule has 11 heteroatoms. The van der Waals surface area contributed by atoms with E-state index in [0.29, 0.717) is 55.9 Å². The second-order valence-electron chi connectivity index (χ2n) is 6.39. The molecule has 1 saturated heterocycles. The van der Waals surface area contributed by atoms with Crippen LogP contribution < -0.4 is 5.32 Å². The summed E-state index contributed by atoms with van der Waals surface area (Å²) in [5.74, 6) is 1.76. The molecule has 0 bridgehead atoms. The Morgan fingerprint density at radius 1 is 1.38 bits per heavy atom. The van der Waals surface area contributed by atoms with Gasteiger partial charge in [0.15, 0.2) is 11.8 Å². The molecular formula is C18H23F3IN5O2. The van der Waals surface area contributed by atoms with Gasteiger partial charge in [-0.2, -0.15) is 18.2 Å². The van der Waals surface area contributed by atoms with Crippen LogP contribution in [0.25, 0.3) is 0 Å². The number of aromatic nitrogens is 2. The second kappa shape index (κ2) is 10.2. The maximum absolute atomic E-state index is 13.0. The number of hydrogen-bond donors (Lipinski definition) is 1. The third-order valence-corrected chi connectivity index (χ3v) is 4.36. The fraction of sp³-hybridized carbons (Fsp3) is 0.500. The summed E-state index contributed by atoms with van der Waals surface area (Å²) in [6.07, 6.45) is -4.30. The molecule has 0 aliphatic carbocycles. The number of ether oxygens (including phenoxy) is 1. The number of rotatable bonds is 4. The topological polar surface area (TPSA) is 75.8 Å². The summed E-state index contributed by atoms with van der Waals surface area (Å²) in [5, 5.41) is 6.96. The lowest BCUT2D eigenvalue weighted by Crippen LogP contribution is -2.48. The number of nitrogens with zero attached hydrogens (tertiary/aromatic N) is 4. The minimum atomic E-state index is -4.38. The van der Waals surface area contributed by atoms with Crippen LogP contribution in [0, 0.1) is 6.92 Å². The Bertz CT molecular complexity index is 828. The van der Waals surface area contributed by atoms with Gasteiger partial charge in [-0.1, -0.05) is 17.3 Å². The molecule has 1 aliphatic heterocycles. The molecule has 29 heavy (non-hydrogen) atoms. The summed E-state index contributed by atoms with van der Waals surface area (Å²) in [6.45, 7) is 3.68. The largest absolute Gasteiger partial charge is 0.416 e. The lowest BCUT2D eigenvalue weighted by molar-refractivity contribution is -0.137. The van der Waals surface area contributed by atoms with Gasteiger partial charge in [0, 0.05) is 26.6 Å². The lowest BCUT2D eigenvalue weighted by atomic mass is 10.0. The van der Waals surface area contributed by atoms with Crippen molar-refractivity contribution in [1.29, 1.82) is 0 Å². The summed E-state index contributed by atoms with van der Waals surface area (Å²) in [5.41, 5.74) is -0.181. The third-order valence-electron chi connectivity index (χ3n) is 4.36. The first-order chi connectivity index (χ1) is 13.4. The minimum Gasteiger partial charge on any atom is -0.370 e. The van der Waals surface area contributed by atoms with E-state index in [-0.39, 0.29) is 24.0 Å². The summed E-state index contributed by atoms with van der Waals surface area (Å²) in [6, 6.07) is 5.25. The highest BCUT2D eigenvalue weighted by Gasteiger charge is 2.32. The third kappa shape index (κ3) is 6.29. The van der Waals surface area contributed by atoms with Crippen LogP contribution in [-0.2, 0) is 17.3 Å². The van der Waals surface area contributed by atoms with Crippen molar-refractivity contribution in [2.45, 2.75) is 25.6 Å². The molecule has 1 atom stereocenters. The van der Waals surface area contributed by atoms with Crippen molar-refractivity contribution < 1.29 is 22.4 Å². The number of morpholine rings is 1. The van der Waals surface area contributed by atoms with Crippen molar-refractivity contribution in [3.8, 4) is 0 Å². The Morgan fingerprint density at radius 3 is 2.83 bits per heavy atom. The van der Waals surface area contributed by atoms with Crippen LogP contribution in [-0.4, -0.2) is 54.3 Å². The Morgan fingerprint density at radius 2 is 2.17 bits per heavy atom. The molecule has 1 aromatic carbocycles. The van der Waals surface area contributed by atoms with E-state index in [2.05, 4.69) is 20.4 Å². The number of aliphatic imine (C=N–C) groups is 1. The van der Waals surface area contributed by atoms with Crippen molar-refractivity contribution in [2.24, 2.45) is 4.99 Å². The maximum Gasteiger partial charge on any atom is 0.416 e. The summed E-state index contributed by atoms with van der Waals surface area (Å²) >= 11 is 0. The van der Waals surface area contributed by atoms with Crippen LogP contribution in [0.1, 0.15) is 28.9 Å². The first-order valence-corrected chi connectivity index (χ1v) is 8.90. The van der Waals surface area contributed by atoms with Crippen LogP contribution in [0.2, 0.25) is 0 Å². The molecule has 1 aromatic heterocycles. The molecule has 0 saturated carbocycles. The van der Waals surface area contributed by atoms with Crippen molar-refractivity contribution in [2.75, 3.05) is 33.3 Å². The summed E-state index contributed by atoms with van der Waals surface area (Å²) in [4.78, 5) is 10.4. The van der Waals surface area contributed by atoms with Gasteiger partial charge in [-0.25, -0.2) is 0 Å². The molecule has 2 heterocycles. The molecule has 2 aromatic rings. The normalized spacial score (nSPS) is 17.8. The summed E-state index contributed by atoms with van der Waals surface area (Å²) < 4.78 is 49.7. The van der Waals surface area contributed by atoms with Gasteiger partial charge in [0.1, 0.15) is 6.10 Å². The molecule has 1 unspecified atom stereocenters. The number of hydrogen-bond acceptors (Lipinski definition) is 5. The zero-order valence-electron chi connectivity index (χ0n) is 16.1. The maximum atomic E-state index is 13.0. The number of halogens is 4. The number of benzene rings is 1. The highest BCUT2D eigenvalue weighted by atomic mass is 127. The van der Waals surface area contributed by atoms with Crippen LogP contribution in [0.3, 0.4) is 0 Å². The van der Waals surface area contributed by atoms with E-state index in [1.807, 2.05) is 4.90 Å². The zero-order valence-corrected chi connectivity index (χ0v) is 18.4. The molecule has 1 N–H and O–H groups in total. The molecule has 0 amide bonds. The van der Waals surface area contributed by atoms with E-state index in [9.17, 15) is 13.2 Å². The average molecular weight is 525 g/mol. The van der Waals surface area contributed by atoms with Gasteiger partial charge >= 0.3 is 6.18 Å². The van der Waals surface area contributed by atoms with E-state index in [1.54, 1.807) is 20.0 Å². The van der Waals surface area contributed by atoms with E-state index in [0.717, 1.165) is 12.1 Å². The monoisotopic (exact) mass is 525 g/mol. The van der Waals surface area contributed by atoms with Gasteiger partial charge in [0.2, 0.25) is 5.89 Å². The molecule has 1 fully saturated rings. The van der Waals surface area contributed by atoms with Crippen molar-refractivity contribution in [1.82, 2.24) is 20.4 Å². The van der Waals surface area contributed by atoms with E-state index < -0.39 is 17.8 Å². The second-order valence-corrected chi connectivity index (χ2v) is 6.39. The fourth-order valence-electron chi connectivity index (χ4n) is 3.01. The molecule has 0 radical (unpaired) electrons. The van der Waals surface area contributed by atoms with Gasteiger partial charge in [0.25, 0.3) is 0 Å². The Balaban J connectivity index is 0.00000300. The SMILES string of the molecule is CN=C(NCCc1nc(C)no1)N1CCOC(c2cccc(C(F)(F)F)c2)C1.I. The number of aryl methyl sites for hydroxylation is 1. The molecule has 7 nitrogen and oxygen atoms in total. The zero-order chi connectivity index (χ0) is 20.1. The highest BCUT2D eigenvalue weighted by molar-refractivity contribution is 14.0. The standard InChI is InChI=1S/C18H22F3N5O2.HI/c1-12-24-16(28-25-12)6-7-23-17(22-2)26-8-9-27-15(11-26)13-4-3-5-14(10-13)18(19,20)21;/h3-5,10,15H,6-9,11H2,1-2H3,(H,22,23);1H. The van der Waals surface area contributed by atoms with Gasteiger partial charge in [-0.15, -0.1) is 24.0 Å². The van der Waals surface area contributed by atoms with E-state index in [4.69, 9.17) is 9.26 Å². The predicted molar refractivity (Wildman–Crippen MR) is 111 cm³/mol. The Hall–Kier alpha value is -1.89. The Labute approximate surface area is 183 Å². The van der Waals surface area contributed by atoms with Gasteiger partial charge in [-0.05, 0) is 24.6 Å². The molecule has 0 spiro atoms. The van der Waals surface area contributed by atoms with E-state index in [1.165, 1.54) is 6.07 Å². The summed E-state index contributed by atoms with van der Waals surface area (Å²) in [7, 11) is 1.66. The van der Waals surface area contributed by atoms with Gasteiger partial charge in [-0.3, -0.25) is 4.99 Å². The lowest BCUT2D eigenvalue weighted by Gasteiger charge is -2.35. The van der Waals surface area contributed by atoms with Crippen LogP contribution in [0.15, 0.2) is 33.8 Å². The van der Waals surface area contributed by atoms with Crippen molar-refractivity contribution in [3.05, 3.63) is 47.1 Å². The van der Waals surface area contributed by atoms with Crippen LogP contribution >= 0.6 is 24.0 Å². The predicted octanol–water partition coefficient (Wildman–Crippen LogP) is 3.21. The van der Waals surface area contributed by atoms with Crippen molar-refractivity contribution >= 4 is 29.9 Å². The minimum absolute atomic E-state index is 0. The first-order valence-electron chi connectivity index (χ1n) is 8.90. The molecule has 160 valence electrons. The quantitative estimate of drug-likeness (QED) is 0.376. The first kappa shape index (κ1) is 23.4. The number of nitrogens with one attached hydrogen (secondary N) is 1. The smallest absolute Gasteiger partial charge is 0.370 e. The fourth-order valence-corrected chi connectivity index (χ4v) is 3.01. The number of alkyl halides is 3. The molecular weight excluding hydrogens is 502 g/mol. The highest BCUT2D eigenvalue weighted by Crippen LogP contribution is 2.32. The number of guanidine groups is 1. The van der Waals surface area contributed by atoms with Crippen LogP contribution in [0.5, 0.6) is 0 Å². The molecule has 3 rings (SSSR count).